The van der Waals surface area contributed by atoms with E-state index in [9.17, 15) is 0 Å². The van der Waals surface area contributed by atoms with Gasteiger partial charge in [-0.3, -0.25) is 0 Å². The van der Waals surface area contributed by atoms with Crippen molar-refractivity contribution in [3.8, 4) is 0 Å². The van der Waals surface area contributed by atoms with Gasteiger partial charge in [0.15, 0.2) is 0 Å². The number of hydrogen-bond acceptors (Lipinski definition) is 2. The Labute approximate surface area is 126 Å². The molecular weight excluding hydrogens is 246 g/mol. The van der Waals surface area contributed by atoms with Gasteiger partial charge in [-0.05, 0) is 69.2 Å². The number of rotatable bonds is 5. The van der Waals surface area contributed by atoms with E-state index in [2.05, 4.69) is 33.0 Å². The highest BCUT2D eigenvalue weighted by Gasteiger charge is 2.38. The van der Waals surface area contributed by atoms with E-state index in [0.717, 1.165) is 30.8 Å². The molecule has 20 heavy (non-hydrogen) atoms. The van der Waals surface area contributed by atoms with Crippen LogP contribution in [0.2, 0.25) is 0 Å². The highest BCUT2D eigenvalue weighted by atomic mass is 16.5. The molecule has 0 radical (unpaired) electrons. The van der Waals surface area contributed by atoms with Gasteiger partial charge in [-0.1, -0.05) is 27.7 Å². The SMILES string of the molecule is CCNCC1(OC2CC(C)CC(C)C2)CCC(C)CC1. The molecule has 0 aromatic heterocycles. The molecule has 2 heteroatoms. The Balaban J connectivity index is 1.96. The number of hydrogen-bond donors (Lipinski definition) is 1. The van der Waals surface area contributed by atoms with E-state index < -0.39 is 0 Å². The van der Waals surface area contributed by atoms with E-state index in [-0.39, 0.29) is 5.60 Å². The molecule has 0 aromatic rings. The fourth-order valence-electron chi connectivity index (χ4n) is 4.30. The first kappa shape index (κ1) is 16.3. The van der Waals surface area contributed by atoms with E-state index in [1.807, 2.05) is 0 Å². The van der Waals surface area contributed by atoms with Crippen molar-refractivity contribution < 1.29 is 4.74 Å². The standard InChI is InChI=1S/C18H35NO/c1-5-19-13-18(8-6-14(2)7-9-18)20-17-11-15(3)10-16(4)12-17/h14-17,19H,5-13H2,1-4H3. The normalized spacial score (nSPS) is 42.6. The van der Waals surface area contributed by atoms with Gasteiger partial charge in [0, 0.05) is 6.54 Å². The van der Waals surface area contributed by atoms with E-state index >= 15 is 0 Å². The summed E-state index contributed by atoms with van der Waals surface area (Å²) in [4.78, 5) is 0. The van der Waals surface area contributed by atoms with Crippen molar-refractivity contribution >= 4 is 0 Å². The molecule has 0 spiro atoms. The summed E-state index contributed by atoms with van der Waals surface area (Å²) in [5, 5.41) is 3.56. The maximum absolute atomic E-state index is 6.75. The summed E-state index contributed by atoms with van der Waals surface area (Å²) in [5.74, 6) is 2.56. The Kier molecular flexibility index (Phi) is 5.92. The zero-order chi connectivity index (χ0) is 14.6. The van der Waals surface area contributed by atoms with Crippen molar-refractivity contribution in [1.82, 2.24) is 5.32 Å². The van der Waals surface area contributed by atoms with Crippen LogP contribution in [-0.4, -0.2) is 24.8 Å². The van der Waals surface area contributed by atoms with Crippen molar-refractivity contribution in [2.24, 2.45) is 17.8 Å². The lowest BCUT2D eigenvalue weighted by Gasteiger charge is -2.44. The summed E-state index contributed by atoms with van der Waals surface area (Å²) in [6, 6.07) is 0. The van der Waals surface area contributed by atoms with Crippen LogP contribution in [0.15, 0.2) is 0 Å². The zero-order valence-corrected chi connectivity index (χ0v) is 14.1. The summed E-state index contributed by atoms with van der Waals surface area (Å²) in [6.07, 6.45) is 9.60. The first-order chi connectivity index (χ1) is 9.53. The molecule has 0 aliphatic heterocycles. The third kappa shape index (κ3) is 4.46. The Morgan fingerprint density at radius 2 is 1.55 bits per heavy atom. The predicted octanol–water partition coefficient (Wildman–Crippen LogP) is 4.39. The van der Waals surface area contributed by atoms with Crippen LogP contribution in [0.3, 0.4) is 0 Å². The van der Waals surface area contributed by atoms with E-state index in [4.69, 9.17) is 4.74 Å². The minimum absolute atomic E-state index is 0.129. The molecule has 2 aliphatic rings. The van der Waals surface area contributed by atoms with Crippen LogP contribution in [-0.2, 0) is 4.74 Å². The summed E-state index contributed by atoms with van der Waals surface area (Å²) < 4.78 is 6.75. The van der Waals surface area contributed by atoms with Gasteiger partial charge in [0.05, 0.1) is 11.7 Å². The Morgan fingerprint density at radius 1 is 0.950 bits per heavy atom. The second kappa shape index (κ2) is 7.26. The molecule has 2 nitrogen and oxygen atoms in total. The Hall–Kier alpha value is -0.0800. The average molecular weight is 281 g/mol. The van der Waals surface area contributed by atoms with Gasteiger partial charge in [-0.2, -0.15) is 0 Å². The van der Waals surface area contributed by atoms with Crippen molar-refractivity contribution in [3.05, 3.63) is 0 Å². The summed E-state index contributed by atoms with van der Waals surface area (Å²) in [5.41, 5.74) is 0.129. The van der Waals surface area contributed by atoms with Gasteiger partial charge in [-0.15, -0.1) is 0 Å². The second-order valence-corrected chi connectivity index (χ2v) is 7.80. The number of likely N-dealkylation sites (N-methyl/N-ethyl adjacent to an activating group) is 1. The maximum atomic E-state index is 6.75. The molecule has 0 heterocycles. The van der Waals surface area contributed by atoms with Crippen LogP contribution in [0.25, 0.3) is 0 Å². The van der Waals surface area contributed by atoms with Crippen LogP contribution in [0.1, 0.15) is 72.6 Å². The van der Waals surface area contributed by atoms with Crippen LogP contribution >= 0.6 is 0 Å². The molecule has 2 saturated carbocycles. The molecule has 0 saturated heterocycles. The van der Waals surface area contributed by atoms with Gasteiger partial charge in [0.2, 0.25) is 0 Å². The third-order valence-electron chi connectivity index (χ3n) is 5.43. The predicted molar refractivity (Wildman–Crippen MR) is 86.0 cm³/mol. The van der Waals surface area contributed by atoms with E-state index in [1.165, 1.54) is 44.9 Å². The van der Waals surface area contributed by atoms with Crippen LogP contribution < -0.4 is 5.32 Å². The monoisotopic (exact) mass is 281 g/mol. The number of nitrogens with one attached hydrogen (secondary N) is 1. The van der Waals surface area contributed by atoms with Crippen LogP contribution in [0.4, 0.5) is 0 Å². The van der Waals surface area contributed by atoms with E-state index in [1.54, 1.807) is 0 Å². The van der Waals surface area contributed by atoms with Gasteiger partial charge < -0.3 is 10.1 Å². The molecule has 2 rings (SSSR count). The third-order valence-corrected chi connectivity index (χ3v) is 5.43. The molecular formula is C18H35NO. The smallest absolute Gasteiger partial charge is 0.0810 e. The van der Waals surface area contributed by atoms with Crippen LogP contribution in [0.5, 0.6) is 0 Å². The fraction of sp³-hybridized carbons (Fsp3) is 1.00. The van der Waals surface area contributed by atoms with Crippen molar-refractivity contribution in [2.75, 3.05) is 13.1 Å². The Bertz CT molecular complexity index is 268. The summed E-state index contributed by atoms with van der Waals surface area (Å²) in [6.45, 7) is 11.5. The topological polar surface area (TPSA) is 21.3 Å². The molecule has 118 valence electrons. The highest BCUT2D eigenvalue weighted by molar-refractivity contribution is 4.90. The molecule has 2 atom stereocenters. The summed E-state index contributed by atoms with van der Waals surface area (Å²) >= 11 is 0. The molecule has 1 N–H and O–H groups in total. The number of ether oxygens (including phenoxy) is 1. The van der Waals surface area contributed by atoms with Gasteiger partial charge in [-0.25, -0.2) is 0 Å². The van der Waals surface area contributed by atoms with Crippen molar-refractivity contribution in [2.45, 2.75) is 84.3 Å². The zero-order valence-electron chi connectivity index (χ0n) is 14.1. The lowest BCUT2D eigenvalue weighted by molar-refractivity contribution is -0.136. The Morgan fingerprint density at radius 3 is 2.10 bits per heavy atom. The second-order valence-electron chi connectivity index (χ2n) is 7.80. The summed E-state index contributed by atoms with van der Waals surface area (Å²) in [7, 11) is 0. The van der Waals surface area contributed by atoms with Crippen molar-refractivity contribution in [1.29, 1.82) is 0 Å². The maximum Gasteiger partial charge on any atom is 0.0810 e. The molecule has 2 unspecified atom stereocenters. The first-order valence-electron chi connectivity index (χ1n) is 8.91. The quantitative estimate of drug-likeness (QED) is 0.807. The molecule has 2 fully saturated rings. The minimum Gasteiger partial charge on any atom is -0.370 e. The molecule has 0 amide bonds. The van der Waals surface area contributed by atoms with Gasteiger partial charge in [0.25, 0.3) is 0 Å². The van der Waals surface area contributed by atoms with Gasteiger partial charge >= 0.3 is 0 Å². The first-order valence-corrected chi connectivity index (χ1v) is 8.91. The average Bonchev–Trinajstić information content (AvgIpc) is 2.39. The molecule has 2 aliphatic carbocycles. The fourth-order valence-corrected chi connectivity index (χ4v) is 4.30. The largest absolute Gasteiger partial charge is 0.370 e. The van der Waals surface area contributed by atoms with E-state index in [0.29, 0.717) is 6.10 Å². The lowest BCUT2D eigenvalue weighted by atomic mass is 9.77. The van der Waals surface area contributed by atoms with Crippen LogP contribution in [0, 0.1) is 17.8 Å². The molecule has 0 aromatic carbocycles. The highest BCUT2D eigenvalue weighted by Crippen LogP contribution is 2.39. The minimum atomic E-state index is 0.129. The van der Waals surface area contributed by atoms with Gasteiger partial charge in [0.1, 0.15) is 0 Å². The molecule has 0 bridgehead atoms. The van der Waals surface area contributed by atoms with Crippen molar-refractivity contribution in [3.63, 3.8) is 0 Å². The lowest BCUT2D eigenvalue weighted by Crippen LogP contribution is -2.49.